The Labute approximate surface area is 92.7 Å². The minimum Gasteiger partial charge on any atom is -0.480 e. The van der Waals surface area contributed by atoms with Crippen molar-refractivity contribution in [3.8, 4) is 0 Å². The summed E-state index contributed by atoms with van der Waals surface area (Å²) in [4.78, 5) is 10.6. The first-order valence-electron chi connectivity index (χ1n) is 4.44. The van der Waals surface area contributed by atoms with Crippen LogP contribution in [0.1, 0.15) is 11.9 Å². The van der Waals surface area contributed by atoms with Crippen LogP contribution in [-0.2, 0) is 4.79 Å². The minimum absolute atomic E-state index is 0.0442. The summed E-state index contributed by atoms with van der Waals surface area (Å²) in [5.74, 6) is -1.06. The molecule has 0 aliphatic rings. The molecule has 1 aromatic rings. The molecule has 1 unspecified atom stereocenters. The lowest BCUT2D eigenvalue weighted by atomic mass is 10.2. The van der Waals surface area contributed by atoms with Gasteiger partial charge in [0, 0.05) is 11.3 Å². The van der Waals surface area contributed by atoms with E-state index in [1.165, 1.54) is 0 Å². The van der Waals surface area contributed by atoms with Crippen LogP contribution in [0.25, 0.3) is 0 Å². The lowest BCUT2D eigenvalue weighted by Gasteiger charge is -2.15. The topological polar surface area (TPSA) is 49.3 Å². The second-order valence-corrected chi connectivity index (χ2v) is 3.38. The monoisotopic (exact) mass is 229 g/mol. The maximum absolute atomic E-state index is 13.5. The molecule has 0 saturated carbocycles. The molecule has 82 valence electrons. The predicted octanol–water partition coefficient (Wildman–Crippen LogP) is 1.63. The quantitative estimate of drug-likeness (QED) is 0.531. The Kier molecular flexibility index (Phi) is 4.58. The maximum atomic E-state index is 13.5. The number of alkyl halides is 1. The second-order valence-electron chi connectivity index (χ2n) is 3.01. The van der Waals surface area contributed by atoms with E-state index >= 15 is 0 Å². The van der Waals surface area contributed by atoms with E-state index in [4.69, 9.17) is 5.11 Å². The van der Waals surface area contributed by atoms with Crippen molar-refractivity contribution in [2.24, 2.45) is 0 Å². The second kappa shape index (κ2) is 5.72. The van der Waals surface area contributed by atoms with Crippen molar-refractivity contribution in [3.63, 3.8) is 0 Å². The molecule has 0 aliphatic carbocycles. The highest BCUT2D eigenvalue weighted by Gasteiger charge is 2.20. The standard InChI is InChI=1S/C10H12FNO2S/c11-9(7-4-2-1-3-5-7)12-8(6-15)10(13)14/h1-5,8-9,12,15H,6H2,(H,13,14)/t8-,9?/m0/s1. The van der Waals surface area contributed by atoms with E-state index in [0.29, 0.717) is 5.56 Å². The Morgan fingerprint density at radius 1 is 1.47 bits per heavy atom. The van der Waals surface area contributed by atoms with Crippen molar-refractivity contribution in [1.82, 2.24) is 5.32 Å². The lowest BCUT2D eigenvalue weighted by molar-refractivity contribution is -0.139. The summed E-state index contributed by atoms with van der Waals surface area (Å²) in [6, 6.07) is 7.36. The van der Waals surface area contributed by atoms with Gasteiger partial charge in [-0.3, -0.25) is 10.1 Å². The number of halogens is 1. The molecule has 2 N–H and O–H groups in total. The molecule has 0 spiro atoms. The fraction of sp³-hybridized carbons (Fsp3) is 0.300. The van der Waals surface area contributed by atoms with E-state index in [1.807, 2.05) is 0 Å². The average Bonchev–Trinajstić information content (AvgIpc) is 2.26. The fourth-order valence-corrected chi connectivity index (χ4v) is 1.36. The zero-order valence-electron chi connectivity index (χ0n) is 7.93. The van der Waals surface area contributed by atoms with Crippen molar-refractivity contribution in [2.75, 3.05) is 5.75 Å². The molecule has 0 fully saturated rings. The molecule has 0 aliphatic heterocycles. The average molecular weight is 229 g/mol. The van der Waals surface area contributed by atoms with Crippen molar-refractivity contribution >= 4 is 18.6 Å². The number of carboxylic acids is 1. The van der Waals surface area contributed by atoms with Crippen LogP contribution in [0, 0.1) is 0 Å². The van der Waals surface area contributed by atoms with Gasteiger partial charge in [0.1, 0.15) is 6.04 Å². The van der Waals surface area contributed by atoms with Crippen LogP contribution >= 0.6 is 12.6 Å². The van der Waals surface area contributed by atoms with Crippen LogP contribution in [0.3, 0.4) is 0 Å². The van der Waals surface area contributed by atoms with Gasteiger partial charge in [0.2, 0.25) is 0 Å². The largest absolute Gasteiger partial charge is 0.480 e. The van der Waals surface area contributed by atoms with Gasteiger partial charge in [0.15, 0.2) is 6.30 Å². The molecule has 0 bridgehead atoms. The predicted molar refractivity (Wildman–Crippen MR) is 58.7 cm³/mol. The highest BCUT2D eigenvalue weighted by molar-refractivity contribution is 7.80. The first-order chi connectivity index (χ1) is 7.15. The number of aliphatic carboxylic acids is 1. The molecule has 1 aromatic carbocycles. The number of carbonyl (C=O) groups is 1. The van der Waals surface area contributed by atoms with E-state index in [9.17, 15) is 9.18 Å². The van der Waals surface area contributed by atoms with Crippen molar-refractivity contribution in [1.29, 1.82) is 0 Å². The smallest absolute Gasteiger partial charge is 0.321 e. The number of thiol groups is 1. The van der Waals surface area contributed by atoms with Gasteiger partial charge in [-0.25, -0.2) is 4.39 Å². The molecule has 0 radical (unpaired) electrons. The third-order valence-corrected chi connectivity index (χ3v) is 2.29. The van der Waals surface area contributed by atoms with E-state index < -0.39 is 18.3 Å². The SMILES string of the molecule is O=C(O)[C@H](CS)NC(F)c1ccccc1. The summed E-state index contributed by atoms with van der Waals surface area (Å²) < 4.78 is 13.5. The normalized spacial score (nSPS) is 14.5. The van der Waals surface area contributed by atoms with Crippen LogP contribution in [0.15, 0.2) is 30.3 Å². The summed E-state index contributed by atoms with van der Waals surface area (Å²) in [5.41, 5.74) is 0.408. The Balaban J connectivity index is 2.62. The third-order valence-electron chi connectivity index (χ3n) is 1.92. The molecule has 0 saturated heterocycles. The summed E-state index contributed by atoms with van der Waals surface area (Å²) in [6.07, 6.45) is -1.49. The van der Waals surface area contributed by atoms with Gasteiger partial charge in [-0.1, -0.05) is 30.3 Å². The molecule has 5 heteroatoms. The van der Waals surface area contributed by atoms with Gasteiger partial charge in [-0.15, -0.1) is 0 Å². The molecular weight excluding hydrogens is 217 g/mol. The minimum atomic E-state index is -1.49. The molecular formula is C10H12FNO2S. The van der Waals surface area contributed by atoms with Crippen LogP contribution in [0.4, 0.5) is 4.39 Å². The van der Waals surface area contributed by atoms with Crippen molar-refractivity contribution in [3.05, 3.63) is 35.9 Å². The fourth-order valence-electron chi connectivity index (χ4n) is 1.10. The number of benzene rings is 1. The summed E-state index contributed by atoms with van der Waals surface area (Å²) in [5, 5.41) is 11.0. The van der Waals surface area contributed by atoms with E-state index in [0.717, 1.165) is 0 Å². The molecule has 0 amide bonds. The number of hydrogen-bond acceptors (Lipinski definition) is 3. The molecule has 1 rings (SSSR count). The van der Waals surface area contributed by atoms with Gasteiger partial charge in [-0.2, -0.15) is 12.6 Å². The van der Waals surface area contributed by atoms with E-state index in [-0.39, 0.29) is 5.75 Å². The highest BCUT2D eigenvalue weighted by atomic mass is 32.1. The Bertz CT molecular complexity index is 320. The molecule has 3 nitrogen and oxygen atoms in total. The van der Waals surface area contributed by atoms with Gasteiger partial charge in [0.05, 0.1) is 0 Å². The van der Waals surface area contributed by atoms with Crippen LogP contribution < -0.4 is 5.32 Å². The Morgan fingerprint density at radius 2 is 2.07 bits per heavy atom. The zero-order valence-corrected chi connectivity index (χ0v) is 8.82. The number of carboxylic acid groups (broad SMARTS) is 1. The van der Waals surface area contributed by atoms with Gasteiger partial charge in [-0.05, 0) is 0 Å². The Hall–Kier alpha value is -1.07. The third kappa shape index (κ3) is 3.53. The number of rotatable bonds is 5. The first-order valence-corrected chi connectivity index (χ1v) is 5.07. The van der Waals surface area contributed by atoms with Gasteiger partial charge < -0.3 is 5.11 Å². The van der Waals surface area contributed by atoms with Gasteiger partial charge >= 0.3 is 5.97 Å². The molecule has 15 heavy (non-hydrogen) atoms. The van der Waals surface area contributed by atoms with Crippen LogP contribution in [0.5, 0.6) is 0 Å². The molecule has 2 atom stereocenters. The molecule has 0 heterocycles. The molecule has 0 aromatic heterocycles. The number of nitrogens with one attached hydrogen (secondary N) is 1. The van der Waals surface area contributed by atoms with Crippen molar-refractivity contribution < 1.29 is 14.3 Å². The maximum Gasteiger partial charge on any atom is 0.321 e. The lowest BCUT2D eigenvalue weighted by Crippen LogP contribution is -2.39. The van der Waals surface area contributed by atoms with Crippen LogP contribution in [0.2, 0.25) is 0 Å². The van der Waals surface area contributed by atoms with Crippen LogP contribution in [-0.4, -0.2) is 22.9 Å². The van der Waals surface area contributed by atoms with Gasteiger partial charge in [0.25, 0.3) is 0 Å². The highest BCUT2D eigenvalue weighted by Crippen LogP contribution is 2.14. The zero-order chi connectivity index (χ0) is 11.3. The summed E-state index contributed by atoms with van der Waals surface area (Å²) >= 11 is 3.83. The van der Waals surface area contributed by atoms with E-state index in [2.05, 4.69) is 17.9 Å². The first kappa shape index (κ1) is 12.0. The van der Waals surface area contributed by atoms with E-state index in [1.54, 1.807) is 30.3 Å². The summed E-state index contributed by atoms with van der Waals surface area (Å²) in [6.45, 7) is 0. The summed E-state index contributed by atoms with van der Waals surface area (Å²) in [7, 11) is 0. The number of hydrogen-bond donors (Lipinski definition) is 3. The Morgan fingerprint density at radius 3 is 2.53 bits per heavy atom. The van der Waals surface area contributed by atoms with Crippen molar-refractivity contribution in [2.45, 2.75) is 12.3 Å².